The van der Waals surface area contributed by atoms with Gasteiger partial charge in [-0.25, -0.2) is 13.6 Å². The van der Waals surface area contributed by atoms with Gasteiger partial charge in [0, 0.05) is 24.8 Å². The predicted molar refractivity (Wildman–Crippen MR) is 114 cm³/mol. The van der Waals surface area contributed by atoms with Crippen LogP contribution in [0, 0.1) is 11.6 Å². The molecule has 0 spiro atoms. The van der Waals surface area contributed by atoms with Gasteiger partial charge in [0.2, 0.25) is 5.91 Å². The Kier molecular flexibility index (Phi) is 5.93. The van der Waals surface area contributed by atoms with Gasteiger partial charge in [0.1, 0.15) is 6.54 Å². The zero-order valence-corrected chi connectivity index (χ0v) is 16.7. The van der Waals surface area contributed by atoms with E-state index in [0.29, 0.717) is 6.54 Å². The first-order valence-corrected chi connectivity index (χ1v) is 9.93. The summed E-state index contributed by atoms with van der Waals surface area (Å²) < 4.78 is 26.7. The van der Waals surface area contributed by atoms with Crippen LogP contribution < -0.4 is 10.2 Å². The maximum atomic E-state index is 13.5. The van der Waals surface area contributed by atoms with E-state index in [1.165, 1.54) is 15.9 Å². The first-order valence-electron chi connectivity index (χ1n) is 9.93. The van der Waals surface area contributed by atoms with E-state index in [-0.39, 0.29) is 30.7 Å². The highest BCUT2D eigenvalue weighted by Gasteiger charge is 2.31. The van der Waals surface area contributed by atoms with E-state index in [0.717, 1.165) is 23.3 Å². The Labute approximate surface area is 178 Å². The fraction of sp³-hybridized carbons (Fsp3) is 0.167. The fourth-order valence-electron chi connectivity index (χ4n) is 3.65. The SMILES string of the molecule is O=C(CN1CCN(c2ccc(F)c(F)c2)C1=O)NC(c1ccccc1)c1ccccc1. The van der Waals surface area contributed by atoms with Crippen LogP contribution in [-0.2, 0) is 4.79 Å². The Morgan fingerprint density at radius 2 is 1.48 bits per heavy atom. The molecule has 3 aromatic rings. The summed E-state index contributed by atoms with van der Waals surface area (Å²) in [6.45, 7) is 0.472. The van der Waals surface area contributed by atoms with Crippen molar-refractivity contribution in [1.29, 1.82) is 0 Å². The summed E-state index contributed by atoms with van der Waals surface area (Å²) >= 11 is 0. The van der Waals surface area contributed by atoms with Crippen molar-refractivity contribution in [2.45, 2.75) is 6.04 Å². The van der Waals surface area contributed by atoms with Crippen molar-refractivity contribution in [2.75, 3.05) is 24.5 Å². The van der Waals surface area contributed by atoms with Gasteiger partial charge in [0.15, 0.2) is 11.6 Å². The topological polar surface area (TPSA) is 52.7 Å². The summed E-state index contributed by atoms with van der Waals surface area (Å²) in [6, 6.07) is 21.7. The molecule has 1 aliphatic rings. The zero-order chi connectivity index (χ0) is 21.8. The molecule has 3 aromatic carbocycles. The number of carbonyl (C=O) groups is 2. The molecule has 4 rings (SSSR count). The van der Waals surface area contributed by atoms with Crippen LogP contribution in [0.5, 0.6) is 0 Å². The summed E-state index contributed by atoms with van der Waals surface area (Å²) in [5.41, 5.74) is 2.12. The van der Waals surface area contributed by atoms with Crippen LogP contribution >= 0.6 is 0 Å². The first kappa shape index (κ1) is 20.5. The molecule has 0 unspecified atom stereocenters. The molecule has 0 atom stereocenters. The maximum absolute atomic E-state index is 13.5. The third kappa shape index (κ3) is 4.55. The Balaban J connectivity index is 1.46. The number of carbonyl (C=O) groups excluding carboxylic acids is 2. The van der Waals surface area contributed by atoms with Crippen LogP contribution in [-0.4, -0.2) is 36.5 Å². The van der Waals surface area contributed by atoms with Gasteiger partial charge in [-0.3, -0.25) is 9.69 Å². The van der Waals surface area contributed by atoms with E-state index in [2.05, 4.69) is 5.32 Å². The molecule has 1 N–H and O–H groups in total. The molecule has 1 saturated heterocycles. The lowest BCUT2D eigenvalue weighted by molar-refractivity contribution is -0.122. The number of hydrogen-bond donors (Lipinski definition) is 1. The van der Waals surface area contributed by atoms with Crippen molar-refractivity contribution in [3.8, 4) is 0 Å². The molecule has 0 radical (unpaired) electrons. The van der Waals surface area contributed by atoms with Crippen LogP contribution in [0.1, 0.15) is 17.2 Å². The smallest absolute Gasteiger partial charge is 0.325 e. The first-order chi connectivity index (χ1) is 15.0. The molecule has 1 aliphatic heterocycles. The Morgan fingerprint density at radius 3 is 2.06 bits per heavy atom. The lowest BCUT2D eigenvalue weighted by atomic mass is 9.99. The van der Waals surface area contributed by atoms with Crippen molar-refractivity contribution >= 4 is 17.6 Å². The third-order valence-corrected chi connectivity index (χ3v) is 5.22. The molecule has 158 valence electrons. The van der Waals surface area contributed by atoms with E-state index in [4.69, 9.17) is 0 Å². The number of nitrogens with zero attached hydrogens (tertiary/aromatic N) is 2. The van der Waals surface area contributed by atoms with E-state index < -0.39 is 17.7 Å². The number of nitrogens with one attached hydrogen (secondary N) is 1. The predicted octanol–water partition coefficient (Wildman–Crippen LogP) is 4.11. The second kappa shape index (κ2) is 8.95. The van der Waals surface area contributed by atoms with E-state index in [1.807, 2.05) is 60.7 Å². The normalized spacial score (nSPS) is 13.7. The molecule has 0 bridgehead atoms. The standard InChI is InChI=1S/C24H21F2N3O2/c25-20-12-11-19(15-21(20)26)29-14-13-28(24(29)31)16-22(30)27-23(17-7-3-1-4-8-17)18-9-5-2-6-10-18/h1-12,15,23H,13-14,16H2,(H,27,30). The fourth-order valence-corrected chi connectivity index (χ4v) is 3.65. The minimum absolute atomic E-state index is 0.130. The van der Waals surface area contributed by atoms with Crippen LogP contribution in [0.4, 0.5) is 19.3 Å². The van der Waals surface area contributed by atoms with Gasteiger partial charge < -0.3 is 10.2 Å². The summed E-state index contributed by atoms with van der Waals surface area (Å²) in [6.07, 6.45) is 0. The van der Waals surface area contributed by atoms with Gasteiger partial charge >= 0.3 is 6.03 Å². The van der Waals surface area contributed by atoms with Gasteiger partial charge in [-0.1, -0.05) is 60.7 Å². The summed E-state index contributed by atoms with van der Waals surface area (Å²) in [4.78, 5) is 28.3. The van der Waals surface area contributed by atoms with Crippen molar-refractivity contribution < 1.29 is 18.4 Å². The Hall–Kier alpha value is -3.74. The lowest BCUT2D eigenvalue weighted by Gasteiger charge is -2.22. The van der Waals surface area contributed by atoms with Crippen LogP contribution in [0.15, 0.2) is 78.9 Å². The molecule has 1 heterocycles. The van der Waals surface area contributed by atoms with Gasteiger partial charge in [0.25, 0.3) is 0 Å². The third-order valence-electron chi connectivity index (χ3n) is 5.22. The number of hydrogen-bond acceptors (Lipinski definition) is 2. The van der Waals surface area contributed by atoms with E-state index in [1.54, 1.807) is 0 Å². The monoisotopic (exact) mass is 421 g/mol. The molecule has 0 saturated carbocycles. The highest BCUT2D eigenvalue weighted by atomic mass is 19.2. The number of amides is 3. The van der Waals surface area contributed by atoms with Crippen molar-refractivity contribution in [1.82, 2.24) is 10.2 Å². The van der Waals surface area contributed by atoms with Gasteiger partial charge in [-0.15, -0.1) is 0 Å². The van der Waals surface area contributed by atoms with Crippen molar-refractivity contribution in [3.05, 3.63) is 102 Å². The molecule has 1 fully saturated rings. The lowest BCUT2D eigenvalue weighted by Crippen LogP contribution is -2.41. The molecule has 31 heavy (non-hydrogen) atoms. The van der Waals surface area contributed by atoms with E-state index in [9.17, 15) is 18.4 Å². The second-order valence-corrected chi connectivity index (χ2v) is 7.28. The largest absolute Gasteiger partial charge is 0.344 e. The van der Waals surface area contributed by atoms with Crippen LogP contribution in [0.25, 0.3) is 0 Å². The van der Waals surface area contributed by atoms with Crippen LogP contribution in [0.3, 0.4) is 0 Å². The number of benzene rings is 3. The second-order valence-electron chi connectivity index (χ2n) is 7.28. The Bertz CT molecular complexity index is 1040. The number of urea groups is 1. The quantitative estimate of drug-likeness (QED) is 0.651. The number of rotatable bonds is 6. The molecule has 0 aliphatic carbocycles. The summed E-state index contributed by atoms with van der Waals surface area (Å²) in [7, 11) is 0. The maximum Gasteiger partial charge on any atom is 0.325 e. The van der Waals surface area contributed by atoms with Gasteiger partial charge in [-0.2, -0.15) is 0 Å². The average molecular weight is 421 g/mol. The molecular formula is C24H21F2N3O2. The highest BCUT2D eigenvalue weighted by molar-refractivity contribution is 5.96. The van der Waals surface area contributed by atoms with Gasteiger partial charge in [-0.05, 0) is 23.3 Å². The minimum Gasteiger partial charge on any atom is -0.344 e. The Morgan fingerprint density at radius 1 is 0.871 bits per heavy atom. The highest BCUT2D eigenvalue weighted by Crippen LogP contribution is 2.24. The molecule has 7 heteroatoms. The van der Waals surface area contributed by atoms with E-state index >= 15 is 0 Å². The van der Waals surface area contributed by atoms with Crippen LogP contribution in [0.2, 0.25) is 0 Å². The number of anilines is 1. The zero-order valence-electron chi connectivity index (χ0n) is 16.7. The molecule has 5 nitrogen and oxygen atoms in total. The molecule has 0 aromatic heterocycles. The molecular weight excluding hydrogens is 400 g/mol. The molecule has 3 amide bonds. The summed E-state index contributed by atoms with van der Waals surface area (Å²) in [5, 5.41) is 3.01. The number of halogens is 2. The minimum atomic E-state index is -1.02. The van der Waals surface area contributed by atoms with Crippen molar-refractivity contribution in [2.24, 2.45) is 0 Å². The van der Waals surface area contributed by atoms with Crippen molar-refractivity contribution in [3.63, 3.8) is 0 Å². The van der Waals surface area contributed by atoms with Gasteiger partial charge in [0.05, 0.1) is 6.04 Å². The average Bonchev–Trinajstić information content (AvgIpc) is 3.15. The summed E-state index contributed by atoms with van der Waals surface area (Å²) in [5.74, 6) is -2.30.